The Hall–Kier alpha value is -3.59. The third-order valence-corrected chi connectivity index (χ3v) is 3.93. The zero-order valence-corrected chi connectivity index (χ0v) is 13.9. The van der Waals surface area contributed by atoms with Crippen molar-refractivity contribution in [3.63, 3.8) is 0 Å². The van der Waals surface area contributed by atoms with E-state index in [9.17, 15) is 4.79 Å². The smallest absolute Gasteiger partial charge is 0.252 e. The quantitative estimate of drug-likeness (QED) is 0.711. The first-order valence-electron chi connectivity index (χ1n) is 8.13. The van der Waals surface area contributed by atoms with Crippen molar-refractivity contribution in [2.24, 2.45) is 0 Å². The van der Waals surface area contributed by atoms with Gasteiger partial charge in [0.15, 0.2) is 11.5 Å². The number of aromatic nitrogens is 1. The van der Waals surface area contributed by atoms with Gasteiger partial charge in [-0.2, -0.15) is 0 Å². The van der Waals surface area contributed by atoms with E-state index in [4.69, 9.17) is 14.2 Å². The summed E-state index contributed by atoms with van der Waals surface area (Å²) in [6, 6.07) is 12.8. The minimum atomic E-state index is -0.160. The van der Waals surface area contributed by atoms with E-state index >= 15 is 0 Å². The molecule has 2 heterocycles. The first-order valence-corrected chi connectivity index (χ1v) is 8.13. The number of fused-ring (bicyclic) bond motifs is 2. The molecule has 6 heteroatoms. The number of amides is 1. The Kier molecular flexibility index (Phi) is 4.35. The molecule has 3 aromatic rings. The molecule has 130 valence electrons. The number of nitrogens with one attached hydrogen (secondary N) is 2. The Bertz CT molecular complexity index is 1010. The highest BCUT2D eigenvalue weighted by Gasteiger charge is 2.13. The fraction of sp³-hybridized carbons (Fsp3) is 0.150. The lowest BCUT2D eigenvalue weighted by Gasteiger charge is -2.03. The van der Waals surface area contributed by atoms with E-state index in [0.717, 1.165) is 10.9 Å². The summed E-state index contributed by atoms with van der Waals surface area (Å²) in [5, 5.41) is 3.84. The molecule has 0 saturated carbocycles. The second-order valence-electron chi connectivity index (χ2n) is 5.62. The molecule has 0 unspecified atom stereocenters. The van der Waals surface area contributed by atoms with Crippen molar-refractivity contribution >= 4 is 16.8 Å². The molecule has 1 aliphatic rings. The summed E-state index contributed by atoms with van der Waals surface area (Å²) >= 11 is 0. The molecular weight excluding hydrogens is 332 g/mol. The molecule has 0 spiro atoms. The van der Waals surface area contributed by atoms with E-state index in [1.165, 1.54) is 0 Å². The van der Waals surface area contributed by atoms with Crippen LogP contribution in [0.4, 0.5) is 0 Å². The van der Waals surface area contributed by atoms with Gasteiger partial charge in [0.2, 0.25) is 6.79 Å². The predicted octanol–water partition coefficient (Wildman–Crippen LogP) is 2.71. The average molecular weight is 348 g/mol. The van der Waals surface area contributed by atoms with Gasteiger partial charge in [0.1, 0.15) is 12.4 Å². The van der Waals surface area contributed by atoms with Crippen LogP contribution in [0.5, 0.6) is 17.2 Å². The zero-order valence-electron chi connectivity index (χ0n) is 13.9. The molecule has 4 rings (SSSR count). The van der Waals surface area contributed by atoms with Gasteiger partial charge in [-0.1, -0.05) is 17.9 Å². The fourth-order valence-electron chi connectivity index (χ4n) is 2.62. The number of benzene rings is 2. The minimum Gasteiger partial charge on any atom is -0.481 e. The lowest BCUT2D eigenvalue weighted by molar-refractivity contribution is 0.0958. The second kappa shape index (κ2) is 7.11. The van der Waals surface area contributed by atoms with Gasteiger partial charge in [-0.25, -0.2) is 0 Å². The molecule has 2 aromatic carbocycles. The number of carbonyl (C=O) groups excluding carboxylic acids is 1. The zero-order chi connectivity index (χ0) is 17.8. The largest absolute Gasteiger partial charge is 0.481 e. The highest BCUT2D eigenvalue weighted by Crippen LogP contribution is 2.34. The summed E-state index contributed by atoms with van der Waals surface area (Å²) in [6.45, 7) is 0.713. The molecule has 0 radical (unpaired) electrons. The predicted molar refractivity (Wildman–Crippen MR) is 96.5 cm³/mol. The van der Waals surface area contributed by atoms with Crippen LogP contribution in [0.1, 0.15) is 10.4 Å². The van der Waals surface area contributed by atoms with Gasteiger partial charge in [-0.05, 0) is 35.7 Å². The van der Waals surface area contributed by atoms with E-state index in [1.54, 1.807) is 24.3 Å². The van der Waals surface area contributed by atoms with Crippen molar-refractivity contribution in [3.05, 3.63) is 54.2 Å². The molecule has 0 atom stereocenters. The third-order valence-electron chi connectivity index (χ3n) is 3.93. The Labute approximate surface area is 150 Å². The molecule has 1 aliphatic heterocycles. The summed E-state index contributed by atoms with van der Waals surface area (Å²) in [4.78, 5) is 15.2. The number of carbonyl (C=O) groups is 1. The molecule has 0 bridgehead atoms. The molecule has 1 aromatic heterocycles. The van der Waals surface area contributed by atoms with E-state index < -0.39 is 0 Å². The van der Waals surface area contributed by atoms with Gasteiger partial charge in [-0.15, -0.1) is 0 Å². The average Bonchev–Trinajstić information content (AvgIpc) is 3.32. The maximum atomic E-state index is 12.1. The summed E-state index contributed by atoms with van der Waals surface area (Å²) < 4.78 is 16.1. The lowest BCUT2D eigenvalue weighted by Crippen LogP contribution is -2.23. The SMILES string of the molecule is O=C(NCC#CCOc1ccc2c(c1)OCO2)c1ccc2cc[nH]c2c1. The van der Waals surface area contributed by atoms with Crippen molar-refractivity contribution in [3.8, 4) is 29.1 Å². The van der Waals surface area contributed by atoms with Crippen molar-refractivity contribution in [2.75, 3.05) is 19.9 Å². The Morgan fingerprint density at radius 1 is 1.12 bits per heavy atom. The van der Waals surface area contributed by atoms with Crippen LogP contribution in [0.25, 0.3) is 10.9 Å². The molecule has 2 N–H and O–H groups in total. The third kappa shape index (κ3) is 3.42. The first-order chi connectivity index (χ1) is 12.8. The number of hydrogen-bond acceptors (Lipinski definition) is 4. The fourth-order valence-corrected chi connectivity index (χ4v) is 2.62. The van der Waals surface area contributed by atoms with Crippen LogP contribution in [-0.4, -0.2) is 30.8 Å². The van der Waals surface area contributed by atoms with Crippen LogP contribution in [0.3, 0.4) is 0 Å². The minimum absolute atomic E-state index is 0.160. The Morgan fingerprint density at radius 2 is 2.04 bits per heavy atom. The van der Waals surface area contributed by atoms with Gasteiger partial charge < -0.3 is 24.5 Å². The molecule has 6 nitrogen and oxygen atoms in total. The van der Waals surface area contributed by atoms with Crippen LogP contribution >= 0.6 is 0 Å². The van der Waals surface area contributed by atoms with Crippen molar-refractivity contribution in [2.45, 2.75) is 0 Å². The Morgan fingerprint density at radius 3 is 3.00 bits per heavy atom. The monoisotopic (exact) mass is 348 g/mol. The number of H-pyrrole nitrogens is 1. The highest BCUT2D eigenvalue weighted by molar-refractivity contribution is 5.97. The summed E-state index contributed by atoms with van der Waals surface area (Å²) in [5.74, 6) is 7.62. The number of hydrogen-bond donors (Lipinski definition) is 2. The molecule has 26 heavy (non-hydrogen) atoms. The van der Waals surface area contributed by atoms with Gasteiger partial charge >= 0.3 is 0 Å². The van der Waals surface area contributed by atoms with E-state index in [1.807, 2.05) is 24.4 Å². The molecular formula is C20H16N2O4. The summed E-state index contributed by atoms with van der Waals surface area (Å²) in [6.07, 6.45) is 1.85. The van der Waals surface area contributed by atoms with Crippen LogP contribution < -0.4 is 19.5 Å². The summed E-state index contributed by atoms with van der Waals surface area (Å²) in [5.41, 5.74) is 1.53. The van der Waals surface area contributed by atoms with Crippen LogP contribution in [0, 0.1) is 11.8 Å². The highest BCUT2D eigenvalue weighted by atomic mass is 16.7. The van der Waals surface area contributed by atoms with Crippen molar-refractivity contribution in [1.82, 2.24) is 10.3 Å². The van der Waals surface area contributed by atoms with E-state index in [-0.39, 0.29) is 25.9 Å². The van der Waals surface area contributed by atoms with E-state index in [2.05, 4.69) is 22.1 Å². The van der Waals surface area contributed by atoms with Crippen LogP contribution in [-0.2, 0) is 0 Å². The van der Waals surface area contributed by atoms with Gasteiger partial charge in [0, 0.05) is 23.3 Å². The van der Waals surface area contributed by atoms with Crippen LogP contribution in [0.15, 0.2) is 48.7 Å². The van der Waals surface area contributed by atoms with Crippen LogP contribution in [0.2, 0.25) is 0 Å². The molecule has 0 aliphatic carbocycles. The maximum Gasteiger partial charge on any atom is 0.252 e. The van der Waals surface area contributed by atoms with E-state index in [0.29, 0.717) is 22.8 Å². The Balaban J connectivity index is 1.25. The van der Waals surface area contributed by atoms with Crippen molar-refractivity contribution < 1.29 is 19.0 Å². The number of ether oxygens (including phenoxy) is 3. The topological polar surface area (TPSA) is 72.6 Å². The molecule has 0 saturated heterocycles. The number of rotatable bonds is 4. The second-order valence-corrected chi connectivity index (χ2v) is 5.62. The first kappa shape index (κ1) is 15.9. The van der Waals surface area contributed by atoms with Crippen molar-refractivity contribution in [1.29, 1.82) is 0 Å². The van der Waals surface area contributed by atoms with Gasteiger partial charge in [0.25, 0.3) is 5.91 Å². The normalized spacial score (nSPS) is 11.7. The van der Waals surface area contributed by atoms with Gasteiger partial charge in [-0.3, -0.25) is 4.79 Å². The maximum absolute atomic E-state index is 12.1. The van der Waals surface area contributed by atoms with Gasteiger partial charge in [0.05, 0.1) is 6.54 Å². The number of aromatic amines is 1. The molecule has 1 amide bonds. The molecule has 0 fully saturated rings. The summed E-state index contributed by atoms with van der Waals surface area (Å²) in [7, 11) is 0. The standard InChI is InChI=1S/C20H16N2O4/c23-20(15-4-3-14-7-9-21-17(14)11-15)22-8-1-2-10-24-16-5-6-18-19(12-16)26-13-25-18/h3-7,9,11-12,21H,8,10,13H2,(H,22,23). The lowest BCUT2D eigenvalue weighted by atomic mass is 10.1.